The highest BCUT2D eigenvalue weighted by Crippen LogP contribution is 2.14. The number of esters is 1. The molecule has 0 radical (unpaired) electrons. The van der Waals surface area contributed by atoms with Gasteiger partial charge >= 0.3 is 5.97 Å². The predicted molar refractivity (Wildman–Crippen MR) is 82.8 cm³/mol. The van der Waals surface area contributed by atoms with Crippen molar-refractivity contribution in [1.29, 1.82) is 0 Å². The summed E-state index contributed by atoms with van der Waals surface area (Å²) in [6.07, 6.45) is -0.870. The first-order valence-electron chi connectivity index (χ1n) is 7.56. The molecule has 1 saturated heterocycles. The van der Waals surface area contributed by atoms with Crippen LogP contribution in [0, 0.1) is 0 Å². The van der Waals surface area contributed by atoms with Crippen molar-refractivity contribution in [3.05, 3.63) is 35.9 Å². The molecular weight excluding hydrogens is 300 g/mol. The van der Waals surface area contributed by atoms with E-state index in [-0.39, 0.29) is 12.3 Å². The highest BCUT2D eigenvalue weighted by molar-refractivity contribution is 5.89. The van der Waals surface area contributed by atoms with Gasteiger partial charge in [0.15, 0.2) is 19.2 Å². The second-order valence-electron chi connectivity index (χ2n) is 6.20. The van der Waals surface area contributed by atoms with E-state index in [2.05, 4.69) is 5.48 Å². The van der Waals surface area contributed by atoms with Gasteiger partial charge in [-0.1, -0.05) is 18.2 Å². The van der Waals surface area contributed by atoms with Crippen LogP contribution in [-0.4, -0.2) is 42.4 Å². The Bertz CT molecular complexity index is 503. The van der Waals surface area contributed by atoms with Gasteiger partial charge in [-0.3, -0.25) is 9.68 Å². The van der Waals surface area contributed by atoms with Gasteiger partial charge in [0, 0.05) is 0 Å². The lowest BCUT2D eigenvalue weighted by Gasteiger charge is -2.37. The number of rotatable bonds is 5. The quantitative estimate of drug-likeness (QED) is 0.831. The van der Waals surface area contributed by atoms with E-state index in [1.165, 1.54) is 5.06 Å². The summed E-state index contributed by atoms with van der Waals surface area (Å²) in [5, 5.41) is 1.45. The monoisotopic (exact) mass is 324 g/mol. The van der Waals surface area contributed by atoms with Gasteiger partial charge in [0.1, 0.15) is 0 Å². The molecule has 1 aliphatic rings. The molecule has 1 aromatic carbocycles. The number of hydrogen-bond acceptors (Lipinski definition) is 7. The fourth-order valence-corrected chi connectivity index (χ4v) is 1.81. The van der Waals surface area contributed by atoms with Crippen molar-refractivity contribution in [3.63, 3.8) is 0 Å². The van der Waals surface area contributed by atoms with E-state index in [0.29, 0.717) is 12.2 Å². The number of carbonyl (C=O) groups excluding carboxylic acids is 1. The Morgan fingerprint density at radius 1 is 1.30 bits per heavy atom. The maximum Gasteiger partial charge on any atom is 0.339 e. The minimum atomic E-state index is -0.471. The second kappa shape index (κ2) is 7.85. The van der Waals surface area contributed by atoms with Crippen LogP contribution in [0.3, 0.4) is 0 Å². The molecule has 0 saturated carbocycles. The summed E-state index contributed by atoms with van der Waals surface area (Å²) in [7, 11) is 0. The van der Waals surface area contributed by atoms with Crippen LogP contribution in [0.15, 0.2) is 30.3 Å². The number of nitrogens with zero attached hydrogens (tertiary/aromatic N) is 1. The van der Waals surface area contributed by atoms with Gasteiger partial charge in [0.2, 0.25) is 0 Å². The highest BCUT2D eigenvalue weighted by atomic mass is 16.8. The van der Waals surface area contributed by atoms with Crippen LogP contribution in [-0.2, 0) is 19.1 Å². The summed E-state index contributed by atoms with van der Waals surface area (Å²) in [6, 6.07) is 8.79. The Hall–Kier alpha value is -1.51. The number of hydroxylamine groups is 3. The molecule has 7 nitrogen and oxygen atoms in total. The smallest absolute Gasteiger partial charge is 0.339 e. The third kappa shape index (κ3) is 5.89. The molecule has 1 heterocycles. The summed E-state index contributed by atoms with van der Waals surface area (Å²) in [6.45, 7) is 7.92. The van der Waals surface area contributed by atoms with Crippen molar-refractivity contribution in [1.82, 2.24) is 10.5 Å². The first kappa shape index (κ1) is 17.8. The number of carbonyl (C=O) groups is 1. The van der Waals surface area contributed by atoms with Crippen molar-refractivity contribution < 1.29 is 23.9 Å². The molecular formula is C16H24N2O5. The van der Waals surface area contributed by atoms with Crippen LogP contribution in [0.2, 0.25) is 0 Å². The number of hydrogen-bond donors (Lipinski definition) is 1. The first-order chi connectivity index (χ1) is 10.8. The fraction of sp³-hybridized carbons (Fsp3) is 0.562. The second-order valence-corrected chi connectivity index (χ2v) is 6.20. The standard InChI is InChI=1S/C16H24N2O5/c1-12-18(11-20-15(19)13-8-6-5-7-9-13)23-14(17-22-12)10-21-16(2,3)4/h5-9,12,14,17H,10-11H2,1-4H3. The zero-order valence-corrected chi connectivity index (χ0v) is 13.9. The molecule has 1 N–H and O–H groups in total. The lowest BCUT2D eigenvalue weighted by Crippen LogP contribution is -2.55. The summed E-state index contributed by atoms with van der Waals surface area (Å²) >= 11 is 0. The van der Waals surface area contributed by atoms with E-state index < -0.39 is 18.4 Å². The molecule has 1 aromatic rings. The molecule has 1 fully saturated rings. The third-order valence-corrected chi connectivity index (χ3v) is 3.04. The van der Waals surface area contributed by atoms with Crippen LogP contribution in [0.4, 0.5) is 0 Å². The zero-order valence-electron chi connectivity index (χ0n) is 13.9. The Balaban J connectivity index is 1.82. The lowest BCUT2D eigenvalue weighted by molar-refractivity contribution is -0.382. The highest BCUT2D eigenvalue weighted by Gasteiger charge is 2.29. The van der Waals surface area contributed by atoms with Gasteiger partial charge in [0.05, 0.1) is 17.8 Å². The Morgan fingerprint density at radius 2 is 2.00 bits per heavy atom. The number of nitrogens with one attached hydrogen (secondary N) is 1. The van der Waals surface area contributed by atoms with Crippen molar-refractivity contribution in [2.45, 2.75) is 45.8 Å². The minimum Gasteiger partial charge on any atom is -0.444 e. The lowest BCUT2D eigenvalue weighted by atomic mass is 10.2. The Morgan fingerprint density at radius 3 is 2.65 bits per heavy atom. The van der Waals surface area contributed by atoms with Crippen molar-refractivity contribution in [2.24, 2.45) is 0 Å². The maximum atomic E-state index is 11.9. The molecule has 2 unspecified atom stereocenters. The summed E-state index contributed by atoms with van der Waals surface area (Å²) in [5.74, 6) is -0.414. The van der Waals surface area contributed by atoms with Gasteiger partial charge < -0.3 is 9.47 Å². The van der Waals surface area contributed by atoms with E-state index in [0.717, 1.165) is 0 Å². The van der Waals surface area contributed by atoms with E-state index in [1.54, 1.807) is 31.2 Å². The summed E-state index contributed by atoms with van der Waals surface area (Å²) in [5.41, 5.74) is 2.97. The average Bonchev–Trinajstić information content (AvgIpc) is 2.52. The zero-order chi connectivity index (χ0) is 16.9. The minimum absolute atomic E-state index is 0.0391. The summed E-state index contributed by atoms with van der Waals surface area (Å²) in [4.78, 5) is 23.0. The van der Waals surface area contributed by atoms with Gasteiger partial charge in [-0.15, -0.1) is 5.06 Å². The summed E-state index contributed by atoms with van der Waals surface area (Å²) < 4.78 is 10.9. The molecule has 0 aromatic heterocycles. The van der Waals surface area contributed by atoms with Crippen molar-refractivity contribution in [3.8, 4) is 0 Å². The van der Waals surface area contributed by atoms with Crippen LogP contribution >= 0.6 is 0 Å². The third-order valence-electron chi connectivity index (χ3n) is 3.04. The van der Waals surface area contributed by atoms with Gasteiger partial charge in [-0.05, 0) is 39.8 Å². The molecule has 1 aliphatic heterocycles. The van der Waals surface area contributed by atoms with E-state index >= 15 is 0 Å². The average molecular weight is 324 g/mol. The Labute approximate surface area is 136 Å². The molecule has 0 aliphatic carbocycles. The first-order valence-corrected chi connectivity index (χ1v) is 7.56. The van der Waals surface area contributed by atoms with E-state index in [1.807, 2.05) is 26.8 Å². The molecule has 7 heteroatoms. The molecule has 128 valence electrons. The topological polar surface area (TPSA) is 69.3 Å². The molecule has 2 rings (SSSR count). The van der Waals surface area contributed by atoms with Crippen LogP contribution in [0.5, 0.6) is 0 Å². The van der Waals surface area contributed by atoms with E-state index in [9.17, 15) is 4.79 Å². The van der Waals surface area contributed by atoms with Gasteiger partial charge in [-0.25, -0.2) is 4.79 Å². The number of benzene rings is 1. The van der Waals surface area contributed by atoms with Gasteiger partial charge in [-0.2, -0.15) is 5.48 Å². The predicted octanol–water partition coefficient (Wildman–Crippen LogP) is 2.06. The molecule has 23 heavy (non-hydrogen) atoms. The van der Waals surface area contributed by atoms with E-state index in [4.69, 9.17) is 19.1 Å². The van der Waals surface area contributed by atoms with Crippen LogP contribution in [0.1, 0.15) is 38.1 Å². The molecule has 0 bridgehead atoms. The largest absolute Gasteiger partial charge is 0.444 e. The normalized spacial score (nSPS) is 22.8. The Kier molecular flexibility index (Phi) is 6.09. The van der Waals surface area contributed by atoms with Crippen LogP contribution in [0.25, 0.3) is 0 Å². The van der Waals surface area contributed by atoms with Gasteiger partial charge in [0.25, 0.3) is 0 Å². The maximum absolute atomic E-state index is 11.9. The van der Waals surface area contributed by atoms with Crippen molar-refractivity contribution >= 4 is 5.97 Å². The van der Waals surface area contributed by atoms with Crippen LogP contribution < -0.4 is 5.48 Å². The fourth-order valence-electron chi connectivity index (χ4n) is 1.81. The molecule has 2 atom stereocenters. The van der Waals surface area contributed by atoms with Crippen molar-refractivity contribution in [2.75, 3.05) is 13.3 Å². The molecule has 0 amide bonds. The molecule has 0 spiro atoms. The number of ether oxygens (including phenoxy) is 2. The SMILES string of the molecule is CC1ONC(COC(C)(C)C)ON1COC(=O)c1ccccc1.